The lowest BCUT2D eigenvalue weighted by Crippen LogP contribution is -2.43. The molecule has 1 heterocycles. The number of rotatable bonds is 5. The molecule has 0 radical (unpaired) electrons. The first-order valence-electron chi connectivity index (χ1n) is 7.69. The van der Waals surface area contributed by atoms with Gasteiger partial charge in [-0.3, -0.25) is 4.79 Å². The Labute approximate surface area is 141 Å². The van der Waals surface area contributed by atoms with Gasteiger partial charge in [0.15, 0.2) is 0 Å². The lowest BCUT2D eigenvalue weighted by Gasteiger charge is -2.38. The Morgan fingerprint density at radius 2 is 2.00 bits per heavy atom. The molecule has 5 heteroatoms. The maximum Gasteiger partial charge on any atom is 0.258 e. The Kier molecular flexibility index (Phi) is 4.42. The van der Waals surface area contributed by atoms with Crippen molar-refractivity contribution in [2.45, 2.75) is 6.17 Å². The summed E-state index contributed by atoms with van der Waals surface area (Å²) in [7, 11) is 3.21. The third kappa shape index (κ3) is 2.69. The molecule has 5 nitrogen and oxygen atoms in total. The predicted molar refractivity (Wildman–Crippen MR) is 93.6 cm³/mol. The van der Waals surface area contributed by atoms with E-state index in [1.54, 1.807) is 25.2 Å². The van der Waals surface area contributed by atoms with Gasteiger partial charge in [-0.2, -0.15) is 0 Å². The van der Waals surface area contributed by atoms with Crippen molar-refractivity contribution in [3.8, 4) is 11.5 Å². The Morgan fingerprint density at radius 1 is 1.21 bits per heavy atom. The highest BCUT2D eigenvalue weighted by atomic mass is 16.5. The number of amides is 1. The van der Waals surface area contributed by atoms with Crippen LogP contribution in [0.25, 0.3) is 0 Å². The van der Waals surface area contributed by atoms with E-state index in [9.17, 15) is 4.79 Å². The number of methoxy groups -OCH3 is 2. The van der Waals surface area contributed by atoms with Crippen LogP contribution in [0, 0.1) is 0 Å². The van der Waals surface area contributed by atoms with Gasteiger partial charge in [0.2, 0.25) is 0 Å². The first-order chi connectivity index (χ1) is 11.7. The number of nitrogens with one attached hydrogen (secondary N) is 1. The molecule has 0 spiro atoms. The second kappa shape index (κ2) is 6.66. The van der Waals surface area contributed by atoms with E-state index in [1.165, 1.54) is 0 Å². The number of carbonyl (C=O) groups is 1. The summed E-state index contributed by atoms with van der Waals surface area (Å²) < 4.78 is 10.8. The topological polar surface area (TPSA) is 50.8 Å². The molecule has 0 fully saturated rings. The molecule has 24 heavy (non-hydrogen) atoms. The fourth-order valence-electron chi connectivity index (χ4n) is 2.91. The van der Waals surface area contributed by atoms with Gasteiger partial charge in [-0.25, -0.2) is 0 Å². The molecule has 1 aliphatic rings. The number of para-hydroxylation sites is 1. The van der Waals surface area contributed by atoms with Gasteiger partial charge in [0, 0.05) is 23.9 Å². The van der Waals surface area contributed by atoms with Crippen LogP contribution in [0.2, 0.25) is 0 Å². The summed E-state index contributed by atoms with van der Waals surface area (Å²) in [5.74, 6) is 1.33. The van der Waals surface area contributed by atoms with Gasteiger partial charge < -0.3 is 19.7 Å². The summed E-state index contributed by atoms with van der Waals surface area (Å²) in [4.78, 5) is 14.6. The Morgan fingerprint density at radius 3 is 2.71 bits per heavy atom. The Bertz CT molecular complexity index is 773. The van der Waals surface area contributed by atoms with Crippen LogP contribution in [-0.2, 0) is 0 Å². The van der Waals surface area contributed by atoms with E-state index in [0.717, 1.165) is 11.3 Å². The molecule has 2 aromatic carbocycles. The molecule has 1 aliphatic heterocycles. The number of fused-ring (bicyclic) bond motifs is 1. The average molecular weight is 324 g/mol. The van der Waals surface area contributed by atoms with Crippen molar-refractivity contribution in [1.29, 1.82) is 0 Å². The molecule has 1 unspecified atom stereocenters. The number of anilines is 1. The van der Waals surface area contributed by atoms with Gasteiger partial charge in [-0.1, -0.05) is 18.2 Å². The van der Waals surface area contributed by atoms with Crippen LogP contribution in [-0.4, -0.2) is 31.6 Å². The van der Waals surface area contributed by atoms with E-state index < -0.39 is 0 Å². The van der Waals surface area contributed by atoms with Crippen LogP contribution < -0.4 is 14.8 Å². The van der Waals surface area contributed by atoms with Gasteiger partial charge in [0.1, 0.15) is 17.7 Å². The van der Waals surface area contributed by atoms with Gasteiger partial charge in [0.05, 0.1) is 19.8 Å². The highest BCUT2D eigenvalue weighted by molar-refractivity contribution is 6.01. The van der Waals surface area contributed by atoms with Gasteiger partial charge >= 0.3 is 0 Å². The third-order valence-corrected chi connectivity index (χ3v) is 4.08. The largest absolute Gasteiger partial charge is 0.497 e. The molecule has 0 bridgehead atoms. The number of hydrogen-bond acceptors (Lipinski definition) is 4. The molecule has 3 rings (SSSR count). The second-order valence-electron chi connectivity index (χ2n) is 5.45. The molecular weight excluding hydrogens is 304 g/mol. The third-order valence-electron chi connectivity index (χ3n) is 4.08. The molecule has 0 saturated carbocycles. The Balaban J connectivity index is 2.08. The summed E-state index contributed by atoms with van der Waals surface area (Å²) in [5, 5.41) is 3.43. The normalized spacial score (nSPS) is 16.2. The summed E-state index contributed by atoms with van der Waals surface area (Å²) in [5.41, 5.74) is 2.33. The van der Waals surface area contributed by atoms with Gasteiger partial charge in [0.25, 0.3) is 5.91 Å². The van der Waals surface area contributed by atoms with Gasteiger partial charge in [-0.15, -0.1) is 6.58 Å². The van der Waals surface area contributed by atoms with Crippen molar-refractivity contribution >= 4 is 11.6 Å². The van der Waals surface area contributed by atoms with Crippen LogP contribution in [0.1, 0.15) is 22.1 Å². The minimum atomic E-state index is -0.341. The maximum absolute atomic E-state index is 12.9. The summed E-state index contributed by atoms with van der Waals surface area (Å²) in [6.45, 7) is 4.20. The molecule has 2 aromatic rings. The number of benzene rings is 2. The minimum Gasteiger partial charge on any atom is -0.497 e. The highest BCUT2D eigenvalue weighted by Gasteiger charge is 2.33. The highest BCUT2D eigenvalue weighted by Crippen LogP contribution is 2.38. The predicted octanol–water partition coefficient (Wildman–Crippen LogP) is 3.46. The average Bonchev–Trinajstić information content (AvgIpc) is 2.63. The van der Waals surface area contributed by atoms with E-state index in [0.29, 0.717) is 23.6 Å². The fraction of sp³-hybridized carbons (Fsp3) is 0.211. The van der Waals surface area contributed by atoms with E-state index >= 15 is 0 Å². The fourth-order valence-corrected chi connectivity index (χ4v) is 2.91. The zero-order valence-electron chi connectivity index (χ0n) is 13.8. The van der Waals surface area contributed by atoms with Crippen LogP contribution in [0.4, 0.5) is 5.69 Å². The number of hydrogen-bond donors (Lipinski definition) is 1. The van der Waals surface area contributed by atoms with E-state index in [4.69, 9.17) is 9.47 Å². The second-order valence-corrected chi connectivity index (χ2v) is 5.45. The first kappa shape index (κ1) is 15.9. The quantitative estimate of drug-likeness (QED) is 0.856. The van der Waals surface area contributed by atoms with Crippen LogP contribution in [0.5, 0.6) is 11.5 Å². The molecule has 0 saturated heterocycles. The van der Waals surface area contributed by atoms with Crippen molar-refractivity contribution in [2.24, 2.45) is 0 Å². The van der Waals surface area contributed by atoms with Crippen LogP contribution in [0.15, 0.2) is 55.1 Å². The summed E-state index contributed by atoms with van der Waals surface area (Å²) in [6, 6.07) is 13.1. The summed E-state index contributed by atoms with van der Waals surface area (Å²) >= 11 is 0. The zero-order valence-corrected chi connectivity index (χ0v) is 13.8. The van der Waals surface area contributed by atoms with Crippen molar-refractivity contribution in [2.75, 3.05) is 26.1 Å². The molecule has 1 amide bonds. The molecule has 1 N–H and O–H groups in total. The molecule has 0 aliphatic carbocycles. The lowest BCUT2D eigenvalue weighted by molar-refractivity contribution is 0.0706. The number of nitrogens with zero attached hydrogens (tertiary/aromatic N) is 1. The zero-order chi connectivity index (χ0) is 17.1. The summed E-state index contributed by atoms with van der Waals surface area (Å²) in [6.07, 6.45) is 1.38. The van der Waals surface area contributed by atoms with E-state index in [2.05, 4.69) is 11.9 Å². The molecule has 124 valence electrons. The van der Waals surface area contributed by atoms with Crippen molar-refractivity contribution in [1.82, 2.24) is 4.90 Å². The molecule has 0 aromatic heterocycles. The van der Waals surface area contributed by atoms with Crippen molar-refractivity contribution < 1.29 is 14.3 Å². The number of ether oxygens (including phenoxy) is 2. The molecule has 1 atom stereocenters. The minimum absolute atomic E-state index is 0.0351. The standard InChI is InChI=1S/C19H20N2O3/c1-4-11-21-18(15-10-9-13(23-2)12-17(15)24-3)20-16-8-6-5-7-14(16)19(21)22/h4-10,12,18,20H,1,11H2,2-3H3. The SMILES string of the molecule is C=CCN1C(=O)c2ccccc2NC1c1ccc(OC)cc1OC. The van der Waals surface area contributed by atoms with Crippen molar-refractivity contribution in [3.05, 3.63) is 66.2 Å². The van der Waals surface area contributed by atoms with Crippen LogP contribution >= 0.6 is 0 Å². The van der Waals surface area contributed by atoms with Gasteiger partial charge in [-0.05, 0) is 24.3 Å². The lowest BCUT2D eigenvalue weighted by atomic mass is 10.0. The molecular formula is C19H20N2O3. The van der Waals surface area contributed by atoms with E-state index in [1.807, 2.05) is 42.5 Å². The first-order valence-corrected chi connectivity index (χ1v) is 7.69. The van der Waals surface area contributed by atoms with Crippen LogP contribution in [0.3, 0.4) is 0 Å². The number of carbonyl (C=O) groups excluding carboxylic acids is 1. The Hall–Kier alpha value is -2.95. The van der Waals surface area contributed by atoms with Crippen molar-refractivity contribution in [3.63, 3.8) is 0 Å². The maximum atomic E-state index is 12.9. The monoisotopic (exact) mass is 324 g/mol. The van der Waals surface area contributed by atoms with E-state index in [-0.39, 0.29) is 12.1 Å². The smallest absolute Gasteiger partial charge is 0.258 e.